The molecule has 1 aliphatic rings. The molecule has 3 nitrogen and oxygen atoms in total. The van der Waals surface area contributed by atoms with Gasteiger partial charge < -0.3 is 15.5 Å². The van der Waals surface area contributed by atoms with E-state index in [2.05, 4.69) is 62.8 Å². The minimum atomic E-state index is 0.638. The Morgan fingerprint density at radius 2 is 2.39 bits per heavy atom. The first-order valence-electron chi connectivity index (χ1n) is 6.61. The second kappa shape index (κ2) is 7.24. The van der Waals surface area contributed by atoms with E-state index in [4.69, 9.17) is 0 Å². The van der Waals surface area contributed by atoms with Gasteiger partial charge in [-0.15, -0.1) is 0 Å². The Labute approximate surface area is 118 Å². The maximum atomic E-state index is 3.57. The van der Waals surface area contributed by atoms with Crippen molar-refractivity contribution in [1.82, 2.24) is 15.5 Å². The molecule has 1 aliphatic heterocycles. The number of piperazine rings is 1. The number of benzene rings is 1. The first-order chi connectivity index (χ1) is 8.74. The highest BCUT2D eigenvalue weighted by molar-refractivity contribution is 9.10. The normalized spacial score (nSPS) is 21.1. The van der Waals surface area contributed by atoms with Crippen LogP contribution >= 0.6 is 15.9 Å². The van der Waals surface area contributed by atoms with E-state index < -0.39 is 0 Å². The Bertz CT molecular complexity index is 370. The fourth-order valence-corrected chi connectivity index (χ4v) is 2.79. The number of rotatable bonds is 5. The van der Waals surface area contributed by atoms with Gasteiger partial charge in [0.05, 0.1) is 0 Å². The molecule has 0 amide bonds. The van der Waals surface area contributed by atoms with Gasteiger partial charge in [-0.2, -0.15) is 0 Å². The van der Waals surface area contributed by atoms with Gasteiger partial charge in [-0.05, 0) is 37.7 Å². The minimum Gasteiger partial charge on any atom is -0.313 e. The molecule has 18 heavy (non-hydrogen) atoms. The lowest BCUT2D eigenvalue weighted by molar-refractivity contribution is 0.231. The van der Waals surface area contributed by atoms with E-state index in [1.54, 1.807) is 0 Å². The van der Waals surface area contributed by atoms with Crippen LogP contribution in [-0.4, -0.2) is 44.2 Å². The maximum absolute atomic E-state index is 3.57. The second-order valence-corrected chi connectivity index (χ2v) is 5.92. The van der Waals surface area contributed by atoms with Crippen LogP contribution in [0.5, 0.6) is 0 Å². The van der Waals surface area contributed by atoms with Gasteiger partial charge in [0.25, 0.3) is 0 Å². The topological polar surface area (TPSA) is 27.3 Å². The molecule has 100 valence electrons. The van der Waals surface area contributed by atoms with Crippen LogP contribution in [0.1, 0.15) is 12.0 Å². The van der Waals surface area contributed by atoms with Crippen molar-refractivity contribution < 1.29 is 0 Å². The molecule has 1 aromatic carbocycles. The minimum absolute atomic E-state index is 0.638. The van der Waals surface area contributed by atoms with Crippen molar-refractivity contribution in [3.63, 3.8) is 0 Å². The summed E-state index contributed by atoms with van der Waals surface area (Å²) in [6.45, 7) is 5.47. The number of nitrogens with zero attached hydrogens (tertiary/aromatic N) is 1. The van der Waals surface area contributed by atoms with E-state index in [1.165, 1.54) is 25.1 Å². The summed E-state index contributed by atoms with van der Waals surface area (Å²) in [7, 11) is 2.20. The summed E-state index contributed by atoms with van der Waals surface area (Å²) in [5.74, 6) is 0. The van der Waals surface area contributed by atoms with Gasteiger partial charge in [-0.3, -0.25) is 0 Å². The summed E-state index contributed by atoms with van der Waals surface area (Å²) in [6.07, 6.45) is 1.19. The SMILES string of the molecule is CN1CCNC(CCNCc2cccc(Br)c2)C1. The van der Waals surface area contributed by atoms with Gasteiger partial charge in [0.15, 0.2) is 0 Å². The van der Waals surface area contributed by atoms with Gasteiger partial charge in [-0.1, -0.05) is 28.1 Å². The molecular weight excluding hydrogens is 290 g/mol. The summed E-state index contributed by atoms with van der Waals surface area (Å²) in [6, 6.07) is 9.10. The Balaban J connectivity index is 1.64. The lowest BCUT2D eigenvalue weighted by atomic mass is 10.1. The Kier molecular flexibility index (Phi) is 5.63. The zero-order valence-electron chi connectivity index (χ0n) is 11.0. The van der Waals surface area contributed by atoms with Gasteiger partial charge in [0.1, 0.15) is 0 Å². The van der Waals surface area contributed by atoms with E-state index in [9.17, 15) is 0 Å². The van der Waals surface area contributed by atoms with Crippen molar-refractivity contribution in [1.29, 1.82) is 0 Å². The molecule has 0 aromatic heterocycles. The van der Waals surface area contributed by atoms with Crippen LogP contribution in [0, 0.1) is 0 Å². The van der Waals surface area contributed by atoms with Crippen LogP contribution in [0.3, 0.4) is 0 Å². The van der Waals surface area contributed by atoms with Gasteiger partial charge in [-0.25, -0.2) is 0 Å². The lowest BCUT2D eigenvalue weighted by Gasteiger charge is -2.30. The van der Waals surface area contributed by atoms with Gasteiger partial charge in [0.2, 0.25) is 0 Å². The van der Waals surface area contributed by atoms with E-state index >= 15 is 0 Å². The average molecular weight is 312 g/mol. The average Bonchev–Trinajstić information content (AvgIpc) is 2.35. The highest BCUT2D eigenvalue weighted by Gasteiger charge is 2.15. The Morgan fingerprint density at radius 3 is 3.17 bits per heavy atom. The molecule has 1 fully saturated rings. The summed E-state index contributed by atoms with van der Waals surface area (Å²) in [4.78, 5) is 2.40. The summed E-state index contributed by atoms with van der Waals surface area (Å²) in [5.41, 5.74) is 1.33. The molecule has 0 bridgehead atoms. The standard InChI is InChI=1S/C14H22BrN3/c1-18-8-7-17-14(11-18)5-6-16-10-12-3-2-4-13(15)9-12/h2-4,9,14,16-17H,5-8,10-11H2,1H3. The van der Waals surface area contributed by atoms with Gasteiger partial charge >= 0.3 is 0 Å². The number of likely N-dealkylation sites (N-methyl/N-ethyl adjacent to an activating group) is 1. The third-order valence-electron chi connectivity index (χ3n) is 3.35. The molecule has 2 N–H and O–H groups in total. The van der Waals surface area contributed by atoms with Crippen molar-refractivity contribution in [2.45, 2.75) is 19.0 Å². The molecule has 2 rings (SSSR count). The van der Waals surface area contributed by atoms with Crippen LogP contribution < -0.4 is 10.6 Å². The molecule has 0 saturated carbocycles. The van der Waals surface area contributed by atoms with Crippen molar-refractivity contribution in [3.05, 3.63) is 34.3 Å². The van der Waals surface area contributed by atoms with Crippen LogP contribution in [0.4, 0.5) is 0 Å². The summed E-state index contributed by atoms with van der Waals surface area (Å²) in [5, 5.41) is 7.08. The molecule has 1 aromatic rings. The van der Waals surface area contributed by atoms with Crippen LogP contribution in [-0.2, 0) is 6.54 Å². The lowest BCUT2D eigenvalue weighted by Crippen LogP contribution is -2.49. The smallest absolute Gasteiger partial charge is 0.0207 e. The second-order valence-electron chi connectivity index (χ2n) is 5.01. The molecule has 4 heteroatoms. The number of nitrogens with one attached hydrogen (secondary N) is 2. The molecule has 0 spiro atoms. The van der Waals surface area contributed by atoms with Gasteiger partial charge in [0, 0.05) is 36.7 Å². The highest BCUT2D eigenvalue weighted by Crippen LogP contribution is 2.11. The Morgan fingerprint density at radius 1 is 1.50 bits per heavy atom. The number of halogens is 1. The zero-order valence-corrected chi connectivity index (χ0v) is 12.5. The van der Waals surface area contributed by atoms with Crippen molar-refractivity contribution >= 4 is 15.9 Å². The van der Waals surface area contributed by atoms with Crippen molar-refractivity contribution in [2.75, 3.05) is 33.2 Å². The third-order valence-corrected chi connectivity index (χ3v) is 3.84. The first-order valence-corrected chi connectivity index (χ1v) is 7.40. The van der Waals surface area contributed by atoms with Crippen LogP contribution in [0.15, 0.2) is 28.7 Å². The monoisotopic (exact) mass is 311 g/mol. The molecule has 1 heterocycles. The third kappa shape index (κ3) is 4.69. The molecule has 0 aliphatic carbocycles. The molecule has 1 atom stereocenters. The van der Waals surface area contributed by atoms with E-state index in [0.717, 1.165) is 24.1 Å². The largest absolute Gasteiger partial charge is 0.313 e. The Hall–Kier alpha value is -0.420. The van der Waals surface area contributed by atoms with Crippen molar-refractivity contribution in [2.24, 2.45) is 0 Å². The quantitative estimate of drug-likeness (QED) is 0.813. The highest BCUT2D eigenvalue weighted by atomic mass is 79.9. The first kappa shape index (κ1) is 14.0. The predicted octanol–water partition coefficient (Wildman–Crippen LogP) is 1.83. The fourth-order valence-electron chi connectivity index (χ4n) is 2.34. The molecule has 1 unspecified atom stereocenters. The molecule has 0 radical (unpaired) electrons. The number of hydrogen-bond acceptors (Lipinski definition) is 3. The van der Waals surface area contributed by atoms with E-state index in [0.29, 0.717) is 6.04 Å². The molecular formula is C14H22BrN3. The van der Waals surface area contributed by atoms with Crippen molar-refractivity contribution in [3.8, 4) is 0 Å². The zero-order chi connectivity index (χ0) is 12.8. The number of hydrogen-bond donors (Lipinski definition) is 2. The van der Waals surface area contributed by atoms with E-state index in [-0.39, 0.29) is 0 Å². The summed E-state index contributed by atoms with van der Waals surface area (Å²) >= 11 is 3.50. The predicted molar refractivity (Wildman–Crippen MR) is 79.8 cm³/mol. The summed E-state index contributed by atoms with van der Waals surface area (Å²) < 4.78 is 1.15. The maximum Gasteiger partial charge on any atom is 0.0207 e. The fraction of sp³-hybridized carbons (Fsp3) is 0.571. The van der Waals surface area contributed by atoms with E-state index in [1.807, 2.05) is 0 Å². The molecule has 1 saturated heterocycles. The van der Waals surface area contributed by atoms with Crippen LogP contribution in [0.2, 0.25) is 0 Å². The van der Waals surface area contributed by atoms with Crippen LogP contribution in [0.25, 0.3) is 0 Å².